The quantitative estimate of drug-likeness (QED) is 0.0571. The van der Waals surface area contributed by atoms with Gasteiger partial charge in [-0.25, -0.2) is 41.7 Å². The van der Waals surface area contributed by atoms with Crippen molar-refractivity contribution in [2.24, 2.45) is 28.6 Å². The summed E-state index contributed by atoms with van der Waals surface area (Å²) < 4.78 is 106. The Balaban J connectivity index is -0.000000869. The molecule has 3 fully saturated rings. The van der Waals surface area contributed by atoms with E-state index in [0.717, 1.165) is 17.2 Å². The molecule has 414 valence electrons. The van der Waals surface area contributed by atoms with E-state index in [9.17, 15) is 57.6 Å². The Kier molecular flexibility index (Phi) is 28.5. The standard InChI is InChI=1S/C14H25N3O5S.C11H17NO4.C9H17N3O3S.C3H10N2O2S.C3H9N2O2S.Li/c1-7-10-9-14(10,15-12(19)22-13(3,4)5)11(18)16-23(20,21)17(6)8-2;1-5-7-6-11(7,8(13)14)12-9(15)16-10(2,3)4;1-4-7-6-9(7,10)8(13)11-16(14,15)12(3)5-2;2*1-3-5(2)8(4,6)7;/h7,10H,1,8-9H2,2-6H3,(H,15,19)(H,16,18);5,7H,1,6H2,2-4H3,(H,12,15)(H,13,14);4,7H,1,5-6,10H2,2-3H3,(H,11,13);3H2,1-2H3,(H2,4,6,7);3H2,1-2H3,(H-,4,6,7);/q;;;;-1;+1/t10-,14-;7-,11-;7-,9-;;;/m111.../s1. The molecule has 0 saturated heterocycles. The van der Waals surface area contributed by atoms with Crippen molar-refractivity contribution in [3.8, 4) is 0 Å². The maximum absolute atomic E-state index is 12.4. The summed E-state index contributed by atoms with van der Waals surface area (Å²) >= 11 is 0. The first kappa shape index (κ1) is 72.5. The van der Waals surface area contributed by atoms with Gasteiger partial charge in [-0.05, 0) is 60.8 Å². The summed E-state index contributed by atoms with van der Waals surface area (Å²) in [5, 5.41) is 25.0. The van der Waals surface area contributed by atoms with Gasteiger partial charge in [-0.3, -0.25) is 9.59 Å². The number of ether oxygens (including phenoxy) is 2. The van der Waals surface area contributed by atoms with E-state index in [-0.39, 0.29) is 56.1 Å². The molecule has 0 aromatic rings. The fraction of sp³-hybridized carbons (Fsp3) is 0.725. The molecule has 0 unspecified atom stereocenters. The fourth-order valence-corrected chi connectivity index (χ4v) is 7.68. The number of aliphatic carboxylic acids is 1. The molecule has 0 bridgehead atoms. The molecule has 3 aliphatic carbocycles. The van der Waals surface area contributed by atoms with E-state index in [2.05, 4.69) is 35.5 Å². The maximum Gasteiger partial charge on any atom is 1.00 e. The zero-order valence-electron chi connectivity index (χ0n) is 44.2. The van der Waals surface area contributed by atoms with Crippen LogP contribution in [0.2, 0.25) is 0 Å². The topological polar surface area (TPSA) is 398 Å². The minimum absolute atomic E-state index is 0. The van der Waals surface area contributed by atoms with Crippen molar-refractivity contribution in [2.45, 2.75) is 116 Å². The second-order valence-electron chi connectivity index (χ2n) is 18.3. The van der Waals surface area contributed by atoms with Gasteiger partial charge in [0.05, 0.1) is 0 Å². The van der Waals surface area contributed by atoms with Crippen LogP contribution < -0.4 is 49.8 Å². The van der Waals surface area contributed by atoms with Gasteiger partial charge in [0.15, 0.2) is 0 Å². The zero-order chi connectivity index (χ0) is 56.7. The van der Waals surface area contributed by atoms with Gasteiger partial charge in [-0.1, -0.05) is 45.9 Å². The van der Waals surface area contributed by atoms with Crippen LogP contribution >= 0.6 is 0 Å². The van der Waals surface area contributed by atoms with Crippen molar-refractivity contribution in [1.29, 1.82) is 0 Å². The van der Waals surface area contributed by atoms with E-state index < -0.39 is 98.6 Å². The van der Waals surface area contributed by atoms with E-state index in [4.69, 9.17) is 25.5 Å². The van der Waals surface area contributed by atoms with Gasteiger partial charge in [0.1, 0.15) is 38.0 Å². The molecule has 0 spiro atoms. The fourth-order valence-electron chi connectivity index (χ4n) is 5.15. The summed E-state index contributed by atoms with van der Waals surface area (Å²) in [5.74, 6) is -3.24. The minimum Gasteiger partial charge on any atom is -0.550 e. The Morgan fingerprint density at radius 2 is 0.944 bits per heavy atom. The summed E-state index contributed by atoms with van der Waals surface area (Å²) in [5.41, 5.74) is 0.696. The largest absolute Gasteiger partial charge is 1.00 e. The van der Waals surface area contributed by atoms with Crippen LogP contribution in [0, 0.1) is 17.8 Å². The van der Waals surface area contributed by atoms with Crippen molar-refractivity contribution in [2.75, 3.05) is 54.4 Å². The van der Waals surface area contributed by atoms with Gasteiger partial charge in [0.2, 0.25) is 0 Å². The number of hydrogen-bond acceptors (Lipinski definition) is 16. The summed E-state index contributed by atoms with van der Waals surface area (Å²) in [4.78, 5) is 58.5. The Morgan fingerprint density at radius 3 is 1.17 bits per heavy atom. The number of carboxylic acid groups (broad SMARTS) is 1. The van der Waals surface area contributed by atoms with Gasteiger partial charge in [0.25, 0.3) is 22.0 Å². The summed E-state index contributed by atoms with van der Waals surface area (Å²) in [7, 11) is -9.28. The van der Waals surface area contributed by atoms with E-state index in [0.29, 0.717) is 25.9 Å². The van der Waals surface area contributed by atoms with Crippen LogP contribution in [-0.2, 0) is 64.7 Å². The minimum atomic E-state index is -3.95. The van der Waals surface area contributed by atoms with Crippen molar-refractivity contribution >= 4 is 70.8 Å². The molecule has 3 rings (SSSR count). The van der Waals surface area contributed by atoms with E-state index in [1.165, 1.54) is 40.3 Å². The number of rotatable bonds is 18. The van der Waals surface area contributed by atoms with E-state index >= 15 is 0 Å². The first-order valence-corrected chi connectivity index (χ1v) is 27.6. The van der Waals surface area contributed by atoms with E-state index in [1.807, 2.05) is 9.44 Å². The Bertz CT molecular complexity index is 2330. The van der Waals surface area contributed by atoms with Crippen LogP contribution in [-0.4, -0.2) is 168 Å². The van der Waals surface area contributed by atoms with Crippen molar-refractivity contribution in [3.63, 3.8) is 0 Å². The van der Waals surface area contributed by atoms with Crippen LogP contribution in [0.15, 0.2) is 38.0 Å². The second kappa shape index (κ2) is 28.3. The Morgan fingerprint density at radius 1 is 0.625 bits per heavy atom. The number of amides is 4. The first-order valence-electron chi connectivity index (χ1n) is 21.8. The summed E-state index contributed by atoms with van der Waals surface area (Å²) in [6.45, 7) is 28.8. The molecule has 4 amide bonds. The number of nitrogens with two attached hydrogens (primary N) is 2. The number of nitrogens with zero attached hydrogens (tertiary/aromatic N) is 4. The zero-order valence-corrected chi connectivity index (χ0v) is 47.4. The molecule has 3 saturated carbocycles. The molecule has 0 aromatic heterocycles. The molecule has 3 aliphatic rings. The average molecular weight is 1100 g/mol. The van der Waals surface area contributed by atoms with Gasteiger partial charge >= 0.3 is 57.4 Å². The molecule has 10 N–H and O–H groups in total. The van der Waals surface area contributed by atoms with Gasteiger partial charge < -0.3 is 36.1 Å². The Labute approximate surface area is 439 Å². The monoisotopic (exact) mass is 1100 g/mol. The molecular formula is C40H78LiN11O16S4. The van der Waals surface area contributed by atoms with Crippen LogP contribution in [0.3, 0.4) is 0 Å². The summed E-state index contributed by atoms with van der Waals surface area (Å²) in [6, 6.07) is 0. The van der Waals surface area contributed by atoms with Gasteiger partial charge in [-0.2, -0.15) is 38.2 Å². The molecule has 0 radical (unpaired) electrons. The number of hydrogen-bond donors (Lipinski definition) is 7. The number of nitrogens with one attached hydrogen (secondary N) is 5. The van der Waals surface area contributed by atoms with Crippen molar-refractivity contribution < 1.29 is 91.1 Å². The van der Waals surface area contributed by atoms with Crippen molar-refractivity contribution in [1.82, 2.24) is 37.3 Å². The Hall–Kier alpha value is -3.71. The van der Waals surface area contributed by atoms with Gasteiger partial charge in [-0.15, -0.1) is 19.7 Å². The van der Waals surface area contributed by atoms with Crippen LogP contribution in [0.4, 0.5) is 9.59 Å². The molecule has 0 aromatic carbocycles. The molecular weight excluding hydrogens is 1030 g/mol. The third-order valence-corrected chi connectivity index (χ3v) is 15.7. The molecule has 72 heavy (non-hydrogen) atoms. The molecule has 6 atom stereocenters. The van der Waals surface area contributed by atoms with E-state index in [1.54, 1.807) is 75.3 Å². The number of carbonyl (C=O) groups is 5. The number of carboxylic acids is 1. The smallest absolute Gasteiger partial charge is 0.550 e. The van der Waals surface area contributed by atoms with Crippen molar-refractivity contribution in [3.05, 3.63) is 43.1 Å². The second-order valence-corrected chi connectivity index (χ2v) is 25.0. The summed E-state index contributed by atoms with van der Waals surface area (Å²) in [6.07, 6.45) is 4.19. The van der Waals surface area contributed by atoms with Crippen LogP contribution in [0.1, 0.15) is 88.5 Å². The molecule has 0 aliphatic heterocycles. The molecule has 27 nitrogen and oxygen atoms in total. The first-order chi connectivity index (χ1) is 31.8. The van der Waals surface area contributed by atoms with Gasteiger partial charge in [0, 0.05) is 72.1 Å². The normalized spacial score (nSPS) is 23.1. The average Bonchev–Trinajstić information content (AvgIpc) is 4.17. The third kappa shape index (κ3) is 23.7. The number of alkyl carbamates (subject to hydrolysis) is 2. The SMILES string of the molecule is C=C[C@@H]1C[C@]1(N)C(=O)NS(=O)(=O)N(C)CC.C=C[C@@H]1C[C@]1(NC(=O)OC(C)(C)C)C(=O)NS(=O)(=O)N(C)CC.C=C[C@@H]1C[C@]1(NC(=O)OC(C)(C)C)C(=O)O.CCN(C)S(N)(=O)=O.CCN(C)S([NH-])(=O)=O.[Li+]. The third-order valence-electron chi connectivity index (χ3n) is 10.5. The molecule has 0 heterocycles. The van der Waals surface area contributed by atoms with Crippen LogP contribution in [0.25, 0.3) is 5.14 Å². The predicted octanol–water partition coefficient (Wildman–Crippen LogP) is -2.11. The predicted molar refractivity (Wildman–Crippen MR) is 267 cm³/mol. The van der Waals surface area contributed by atoms with Crippen LogP contribution in [0.5, 0.6) is 0 Å². The molecule has 32 heteroatoms. The number of carbonyl (C=O) groups excluding carboxylic acids is 4. The maximum atomic E-state index is 12.4.